The zero-order valence-corrected chi connectivity index (χ0v) is 19.4. The Kier molecular flexibility index (Phi) is 7.44. The zero-order chi connectivity index (χ0) is 32.2. The molecule has 218 valence electrons. The first kappa shape index (κ1) is 31.3. The second-order valence-corrected chi connectivity index (χ2v) is 7.96. The lowest BCUT2D eigenvalue weighted by molar-refractivity contribution is -0.278. The molecule has 0 amide bonds. The highest BCUT2D eigenvalue weighted by Crippen LogP contribution is 2.43. The summed E-state index contributed by atoms with van der Waals surface area (Å²) in [7, 11) is 0. The molecule has 1 heterocycles. The van der Waals surface area contributed by atoms with E-state index in [1.807, 2.05) is 0 Å². The molecule has 0 unspecified atom stereocenters. The third-order valence-electron chi connectivity index (χ3n) is 5.39. The summed E-state index contributed by atoms with van der Waals surface area (Å²) in [5, 5.41) is 43.2. The smallest absolute Gasteiger partial charge is 0.417 e. The van der Waals surface area contributed by atoms with Crippen molar-refractivity contribution < 1.29 is 62.6 Å². The van der Waals surface area contributed by atoms with Crippen LogP contribution < -0.4 is 5.11 Å². The second-order valence-electron chi connectivity index (χ2n) is 7.96. The van der Waals surface area contributed by atoms with Gasteiger partial charge in [-0.2, -0.15) is 73.6 Å². The summed E-state index contributed by atoms with van der Waals surface area (Å²) in [6.07, 6.45) is -22.6. The Morgan fingerprint density at radius 1 is 0.667 bits per heavy atom. The van der Waals surface area contributed by atoms with Crippen LogP contribution in [-0.2, 0) is 24.7 Å². The van der Waals surface area contributed by atoms with Gasteiger partial charge in [-0.05, 0) is 24.3 Å². The molecule has 3 aromatic rings. The van der Waals surface area contributed by atoms with Gasteiger partial charge >= 0.3 is 24.7 Å². The summed E-state index contributed by atoms with van der Waals surface area (Å²) in [5.41, 5.74) is -18.9. The van der Waals surface area contributed by atoms with Gasteiger partial charge in [-0.3, -0.25) is 4.79 Å². The van der Waals surface area contributed by atoms with Gasteiger partial charge in [0.2, 0.25) is 0 Å². The number of carbonyl (C=O) groups excluding carboxylic acids is 1. The third kappa shape index (κ3) is 5.51. The van der Waals surface area contributed by atoms with Gasteiger partial charge in [-0.15, -0.1) is 0 Å². The Morgan fingerprint density at radius 3 is 1.33 bits per heavy atom. The van der Waals surface area contributed by atoms with Gasteiger partial charge in [-0.25, -0.2) is 4.68 Å². The van der Waals surface area contributed by atoms with Crippen molar-refractivity contribution in [2.45, 2.75) is 24.7 Å². The summed E-state index contributed by atoms with van der Waals surface area (Å²) >= 11 is 0. The first-order chi connectivity index (χ1) is 19.1. The molecule has 19 heteroatoms. The summed E-state index contributed by atoms with van der Waals surface area (Å²) in [6, 6.07) is 1.59. The SMILES string of the molecule is N#Cc1nn(-c2cc(C(F)(F)F)c(C#N)c(C(F)(F)F)c2)c([O-])c1C(=O)c1cc(C(F)(F)F)c(C#N)c(C(F)(F)F)c1. The molecular weight excluding hydrogens is 606 g/mol. The molecule has 0 atom stereocenters. The number of ketones is 1. The minimum absolute atomic E-state index is 0.178. The van der Waals surface area contributed by atoms with Crippen LogP contribution in [0.1, 0.15) is 55.0 Å². The van der Waals surface area contributed by atoms with Crippen molar-refractivity contribution in [3.8, 4) is 29.8 Å². The molecule has 0 fully saturated rings. The highest BCUT2D eigenvalue weighted by atomic mass is 19.4. The standard InChI is InChI=1S/C23H5F12N5O2/c24-20(25,26)12-1-8(2-13(10(12)5-36)21(27,28)29)18(41)17-16(7-38)39-40(19(17)42)9-3-14(22(30,31)32)11(6-37)15(4-9)23(33,34)35/h1-4,42H/p-1. The van der Waals surface area contributed by atoms with Gasteiger partial charge in [0.1, 0.15) is 18.2 Å². The number of carbonyl (C=O) groups is 1. The number of nitrogens with zero attached hydrogens (tertiary/aromatic N) is 5. The van der Waals surface area contributed by atoms with Gasteiger partial charge in [-0.1, -0.05) is 0 Å². The average Bonchev–Trinajstić information content (AvgIpc) is 3.20. The molecular formula is C23H4F12N5O2-. The van der Waals surface area contributed by atoms with E-state index in [1.165, 1.54) is 0 Å². The molecule has 0 saturated heterocycles. The van der Waals surface area contributed by atoms with Crippen molar-refractivity contribution in [2.24, 2.45) is 0 Å². The van der Waals surface area contributed by atoms with Crippen LogP contribution in [-0.4, -0.2) is 15.6 Å². The van der Waals surface area contributed by atoms with Crippen LogP contribution in [0.4, 0.5) is 52.7 Å². The first-order valence-corrected chi connectivity index (χ1v) is 10.3. The van der Waals surface area contributed by atoms with Crippen molar-refractivity contribution in [1.82, 2.24) is 9.78 Å². The highest BCUT2D eigenvalue weighted by molar-refractivity contribution is 6.12. The quantitative estimate of drug-likeness (QED) is 0.270. The number of hydrogen-bond acceptors (Lipinski definition) is 6. The molecule has 0 saturated carbocycles. The largest absolute Gasteiger partial charge is 0.858 e. The number of hydrogen-bond donors (Lipinski definition) is 0. The summed E-state index contributed by atoms with van der Waals surface area (Å²) in [5.74, 6) is -4.07. The molecule has 2 aromatic carbocycles. The lowest BCUT2D eigenvalue weighted by Crippen LogP contribution is -2.18. The maximum Gasteiger partial charge on any atom is 0.417 e. The number of nitriles is 3. The van der Waals surface area contributed by atoms with Crippen LogP contribution in [0.15, 0.2) is 24.3 Å². The molecule has 0 aliphatic rings. The predicted octanol–water partition coefficient (Wildman–Crippen LogP) is 5.87. The molecule has 0 aliphatic carbocycles. The predicted molar refractivity (Wildman–Crippen MR) is 107 cm³/mol. The number of aromatic nitrogens is 2. The summed E-state index contributed by atoms with van der Waals surface area (Å²) in [4.78, 5) is 13.0. The van der Waals surface area contributed by atoms with Crippen LogP contribution >= 0.6 is 0 Å². The van der Waals surface area contributed by atoms with E-state index < -0.39 is 92.3 Å². The van der Waals surface area contributed by atoms with Crippen LogP contribution in [0, 0.1) is 34.0 Å². The van der Waals surface area contributed by atoms with Crippen LogP contribution in [0.5, 0.6) is 5.88 Å². The summed E-state index contributed by atoms with van der Waals surface area (Å²) < 4.78 is 161. The molecule has 0 aliphatic heterocycles. The lowest BCUT2D eigenvalue weighted by atomic mass is 9.93. The van der Waals surface area contributed by atoms with Crippen LogP contribution in [0.25, 0.3) is 5.69 Å². The average molecular weight is 610 g/mol. The Labute approximate surface area is 223 Å². The Hall–Kier alpha value is -5.25. The normalized spacial score (nSPS) is 12.4. The number of rotatable bonds is 3. The van der Waals surface area contributed by atoms with Crippen molar-refractivity contribution in [3.63, 3.8) is 0 Å². The van der Waals surface area contributed by atoms with Gasteiger partial charge < -0.3 is 5.11 Å². The van der Waals surface area contributed by atoms with E-state index in [9.17, 15) is 67.8 Å². The Morgan fingerprint density at radius 2 is 1.02 bits per heavy atom. The lowest BCUT2D eigenvalue weighted by Gasteiger charge is -2.19. The van der Waals surface area contributed by atoms with E-state index in [0.29, 0.717) is 6.07 Å². The van der Waals surface area contributed by atoms with Gasteiger partial charge in [0.15, 0.2) is 11.5 Å². The fourth-order valence-corrected chi connectivity index (χ4v) is 3.66. The maximum atomic E-state index is 13.5. The monoisotopic (exact) mass is 610 g/mol. The van der Waals surface area contributed by atoms with Crippen molar-refractivity contribution in [3.05, 3.63) is 74.5 Å². The second kappa shape index (κ2) is 9.99. The van der Waals surface area contributed by atoms with E-state index >= 15 is 0 Å². The van der Waals surface area contributed by atoms with E-state index in [1.54, 1.807) is 0 Å². The molecule has 0 bridgehead atoms. The van der Waals surface area contributed by atoms with Crippen molar-refractivity contribution >= 4 is 5.78 Å². The highest BCUT2D eigenvalue weighted by Gasteiger charge is 2.44. The minimum atomic E-state index is -5.67. The fraction of sp³-hybridized carbons (Fsp3) is 0.174. The first-order valence-electron chi connectivity index (χ1n) is 10.3. The third-order valence-corrected chi connectivity index (χ3v) is 5.39. The molecule has 42 heavy (non-hydrogen) atoms. The number of alkyl halides is 12. The fourth-order valence-electron chi connectivity index (χ4n) is 3.66. The maximum absolute atomic E-state index is 13.5. The van der Waals surface area contributed by atoms with E-state index in [-0.39, 0.29) is 28.9 Å². The number of benzene rings is 2. The van der Waals surface area contributed by atoms with Crippen LogP contribution in [0.3, 0.4) is 0 Å². The topological polar surface area (TPSA) is 129 Å². The molecule has 1 aromatic heterocycles. The molecule has 0 N–H and O–H groups in total. The molecule has 0 radical (unpaired) electrons. The van der Waals surface area contributed by atoms with E-state index in [2.05, 4.69) is 5.10 Å². The molecule has 7 nitrogen and oxygen atoms in total. The zero-order valence-electron chi connectivity index (χ0n) is 19.4. The number of halogens is 12. The van der Waals surface area contributed by atoms with Crippen molar-refractivity contribution in [2.75, 3.05) is 0 Å². The Bertz CT molecular complexity index is 1670. The van der Waals surface area contributed by atoms with Gasteiger partial charge in [0.05, 0.1) is 44.6 Å². The summed E-state index contributed by atoms with van der Waals surface area (Å²) in [6.45, 7) is 0. The van der Waals surface area contributed by atoms with E-state index in [0.717, 1.165) is 12.1 Å². The van der Waals surface area contributed by atoms with Crippen molar-refractivity contribution in [1.29, 1.82) is 15.8 Å². The van der Waals surface area contributed by atoms with Gasteiger partial charge in [0.25, 0.3) is 0 Å². The molecule has 3 rings (SSSR count). The minimum Gasteiger partial charge on any atom is -0.858 e. The molecule has 0 spiro atoms. The Balaban J connectivity index is 2.39. The van der Waals surface area contributed by atoms with Crippen LogP contribution in [0.2, 0.25) is 0 Å². The van der Waals surface area contributed by atoms with Gasteiger partial charge in [0, 0.05) is 11.4 Å². The van der Waals surface area contributed by atoms with E-state index in [4.69, 9.17) is 10.5 Å².